The van der Waals surface area contributed by atoms with Crippen molar-refractivity contribution >= 4 is 29.5 Å². The van der Waals surface area contributed by atoms with Crippen LogP contribution in [0.3, 0.4) is 0 Å². The van der Waals surface area contributed by atoms with Crippen LogP contribution in [0.5, 0.6) is 5.75 Å². The molecule has 1 aromatic carbocycles. The Bertz CT molecular complexity index is 858. The van der Waals surface area contributed by atoms with E-state index in [-0.39, 0.29) is 31.2 Å². The lowest BCUT2D eigenvalue weighted by Crippen LogP contribution is -2.54. The van der Waals surface area contributed by atoms with Gasteiger partial charge in [0.05, 0.1) is 19.6 Å². The van der Waals surface area contributed by atoms with E-state index in [0.717, 1.165) is 0 Å². The number of phenols is 1. The average molecular weight is 479 g/mol. The van der Waals surface area contributed by atoms with E-state index >= 15 is 0 Å². The zero-order valence-electron chi connectivity index (χ0n) is 19.6. The van der Waals surface area contributed by atoms with Crippen molar-refractivity contribution in [1.29, 1.82) is 0 Å². The quantitative estimate of drug-likeness (QED) is 0.159. The molecule has 1 aromatic rings. The summed E-state index contributed by atoms with van der Waals surface area (Å²) in [5, 5.41) is 22.1. The molecule has 1 unspecified atom stereocenters. The van der Waals surface area contributed by atoms with Gasteiger partial charge in [0.2, 0.25) is 29.5 Å². The number of amides is 5. The number of carbonyl (C=O) groups excluding carboxylic acids is 5. The number of likely N-dealkylation sites (N-methyl/N-ethyl adjacent to an activating group) is 1. The van der Waals surface area contributed by atoms with Crippen molar-refractivity contribution < 1.29 is 29.1 Å². The van der Waals surface area contributed by atoms with E-state index in [0.29, 0.717) is 12.0 Å². The van der Waals surface area contributed by atoms with E-state index in [1.807, 2.05) is 13.8 Å². The summed E-state index contributed by atoms with van der Waals surface area (Å²) < 4.78 is 0. The predicted molar refractivity (Wildman–Crippen MR) is 124 cm³/mol. The van der Waals surface area contributed by atoms with Gasteiger partial charge in [-0.15, -0.1) is 0 Å². The van der Waals surface area contributed by atoms with Crippen molar-refractivity contribution in [2.75, 3.05) is 26.7 Å². The van der Waals surface area contributed by atoms with Crippen LogP contribution in [0, 0.1) is 5.92 Å². The van der Waals surface area contributed by atoms with Crippen LogP contribution in [0.25, 0.3) is 0 Å². The van der Waals surface area contributed by atoms with Crippen molar-refractivity contribution in [3.8, 4) is 5.75 Å². The van der Waals surface area contributed by atoms with E-state index in [2.05, 4.69) is 26.6 Å². The lowest BCUT2D eigenvalue weighted by Gasteiger charge is -2.21. The molecule has 188 valence electrons. The largest absolute Gasteiger partial charge is 0.508 e. The summed E-state index contributed by atoms with van der Waals surface area (Å²) in [5.41, 5.74) is 5.72. The number of benzene rings is 1. The highest BCUT2D eigenvalue weighted by atomic mass is 16.3. The molecule has 0 aliphatic heterocycles. The van der Waals surface area contributed by atoms with Crippen molar-refractivity contribution in [1.82, 2.24) is 26.6 Å². The van der Waals surface area contributed by atoms with Gasteiger partial charge < -0.3 is 37.4 Å². The number of hydrogen-bond donors (Lipinski definition) is 7. The van der Waals surface area contributed by atoms with Gasteiger partial charge in [-0.25, -0.2) is 0 Å². The van der Waals surface area contributed by atoms with Gasteiger partial charge in [-0.2, -0.15) is 0 Å². The van der Waals surface area contributed by atoms with E-state index in [1.54, 1.807) is 19.2 Å². The van der Waals surface area contributed by atoms with E-state index < -0.39 is 48.2 Å². The maximum absolute atomic E-state index is 12.7. The molecule has 0 saturated carbocycles. The van der Waals surface area contributed by atoms with Gasteiger partial charge in [0.15, 0.2) is 0 Å². The first-order valence-electron chi connectivity index (χ1n) is 10.9. The lowest BCUT2D eigenvalue weighted by atomic mass is 10.0. The fourth-order valence-electron chi connectivity index (χ4n) is 3.02. The molecule has 0 fully saturated rings. The molecule has 12 nitrogen and oxygen atoms in total. The molecule has 0 heterocycles. The lowest BCUT2D eigenvalue weighted by molar-refractivity contribution is -0.132. The zero-order valence-corrected chi connectivity index (χ0v) is 19.6. The van der Waals surface area contributed by atoms with Crippen LogP contribution >= 0.6 is 0 Å². The van der Waals surface area contributed by atoms with Gasteiger partial charge in [-0.3, -0.25) is 24.0 Å². The number of nitrogens with one attached hydrogen (secondary N) is 5. The molecule has 0 aromatic heterocycles. The van der Waals surface area contributed by atoms with E-state index in [4.69, 9.17) is 5.73 Å². The minimum absolute atomic E-state index is 0.00284. The van der Waals surface area contributed by atoms with E-state index in [9.17, 15) is 29.1 Å². The molecule has 8 N–H and O–H groups in total. The first-order chi connectivity index (χ1) is 16.0. The third kappa shape index (κ3) is 11.3. The monoisotopic (exact) mass is 478 g/mol. The molecule has 34 heavy (non-hydrogen) atoms. The summed E-state index contributed by atoms with van der Waals surface area (Å²) in [4.78, 5) is 60.3. The number of phenolic OH excluding ortho intramolecular Hbond substituents is 1. The fourth-order valence-corrected chi connectivity index (χ4v) is 3.02. The zero-order chi connectivity index (χ0) is 25.7. The second-order valence-corrected chi connectivity index (χ2v) is 8.17. The van der Waals surface area contributed by atoms with Crippen molar-refractivity contribution in [3.05, 3.63) is 29.8 Å². The third-order valence-corrected chi connectivity index (χ3v) is 4.58. The summed E-state index contributed by atoms with van der Waals surface area (Å²) in [5.74, 6) is -2.75. The number of rotatable bonds is 14. The van der Waals surface area contributed by atoms with Crippen LogP contribution in [0.4, 0.5) is 0 Å². The van der Waals surface area contributed by atoms with Crippen molar-refractivity contribution in [2.24, 2.45) is 11.7 Å². The van der Waals surface area contributed by atoms with Crippen LogP contribution in [0.2, 0.25) is 0 Å². The Morgan fingerprint density at radius 2 is 1.38 bits per heavy atom. The Morgan fingerprint density at radius 1 is 0.853 bits per heavy atom. The smallest absolute Gasteiger partial charge is 0.243 e. The first kappa shape index (κ1) is 28.4. The fraction of sp³-hybridized carbons (Fsp3) is 0.500. The minimum Gasteiger partial charge on any atom is -0.508 e. The highest BCUT2D eigenvalue weighted by Crippen LogP contribution is 2.11. The number of primary amides is 1. The standard InChI is InChI=1S/C22H34N6O6/c1-13(2)8-16(21(33)25-10-18(23)30)27-20(32)12-26-22(34)17(28-19(31)11-24-3)9-14-4-6-15(29)7-5-14/h4-7,13,16-17,24,29H,8-12H2,1-3H3,(H2,23,30)(H,25,33)(H,26,34)(H,27,32)(H,28,31)/t16?,17-/m0/s1. The summed E-state index contributed by atoms with van der Waals surface area (Å²) in [7, 11) is 1.59. The van der Waals surface area contributed by atoms with Gasteiger partial charge in [-0.05, 0) is 37.1 Å². The SMILES string of the molecule is CNCC(=O)N[C@@H](Cc1ccc(O)cc1)C(=O)NCC(=O)NC(CC(C)C)C(=O)NCC(N)=O. The maximum Gasteiger partial charge on any atom is 0.243 e. The summed E-state index contributed by atoms with van der Waals surface area (Å²) in [6, 6.07) is 4.29. The first-order valence-corrected chi connectivity index (χ1v) is 10.9. The van der Waals surface area contributed by atoms with Crippen LogP contribution in [-0.2, 0) is 30.4 Å². The van der Waals surface area contributed by atoms with Gasteiger partial charge in [0.1, 0.15) is 17.8 Å². The molecule has 0 saturated heterocycles. The summed E-state index contributed by atoms with van der Waals surface area (Å²) >= 11 is 0. The number of nitrogens with two attached hydrogens (primary N) is 1. The third-order valence-electron chi connectivity index (χ3n) is 4.58. The summed E-state index contributed by atoms with van der Waals surface area (Å²) in [6.45, 7) is 2.95. The second-order valence-electron chi connectivity index (χ2n) is 8.17. The van der Waals surface area contributed by atoms with Crippen LogP contribution in [0.1, 0.15) is 25.8 Å². The summed E-state index contributed by atoms with van der Waals surface area (Å²) in [6.07, 6.45) is 0.447. The van der Waals surface area contributed by atoms with Gasteiger partial charge >= 0.3 is 0 Å². The molecule has 0 aliphatic rings. The average Bonchev–Trinajstić information content (AvgIpc) is 2.76. The topological polar surface area (TPSA) is 192 Å². The Hall–Kier alpha value is -3.67. The normalized spacial score (nSPS) is 12.4. The van der Waals surface area contributed by atoms with E-state index in [1.165, 1.54) is 12.1 Å². The Labute approximate surface area is 198 Å². The minimum atomic E-state index is -0.969. The highest BCUT2D eigenvalue weighted by Gasteiger charge is 2.24. The molecule has 2 atom stereocenters. The molecule has 12 heteroatoms. The van der Waals surface area contributed by atoms with Crippen LogP contribution < -0.4 is 32.3 Å². The Morgan fingerprint density at radius 3 is 1.94 bits per heavy atom. The van der Waals surface area contributed by atoms with Gasteiger partial charge in [0, 0.05) is 6.42 Å². The number of hydrogen-bond acceptors (Lipinski definition) is 7. The molecule has 0 spiro atoms. The second kappa shape index (κ2) is 14.5. The Balaban J connectivity index is 2.77. The molecular formula is C22H34N6O6. The van der Waals surface area contributed by atoms with Crippen LogP contribution in [0.15, 0.2) is 24.3 Å². The van der Waals surface area contributed by atoms with Crippen molar-refractivity contribution in [3.63, 3.8) is 0 Å². The molecule has 0 bridgehead atoms. The predicted octanol–water partition coefficient (Wildman–Crippen LogP) is -2.11. The molecule has 0 radical (unpaired) electrons. The molecule has 5 amide bonds. The van der Waals surface area contributed by atoms with Gasteiger partial charge in [-0.1, -0.05) is 26.0 Å². The molecular weight excluding hydrogens is 444 g/mol. The van der Waals surface area contributed by atoms with Crippen molar-refractivity contribution in [2.45, 2.75) is 38.8 Å². The number of aromatic hydroxyl groups is 1. The number of carbonyl (C=O) groups is 5. The Kier molecular flexibility index (Phi) is 12.1. The highest BCUT2D eigenvalue weighted by molar-refractivity contribution is 5.93. The molecule has 0 aliphatic carbocycles. The molecule has 1 rings (SSSR count). The maximum atomic E-state index is 12.7. The van der Waals surface area contributed by atoms with Crippen LogP contribution in [-0.4, -0.2) is 73.4 Å². The van der Waals surface area contributed by atoms with Gasteiger partial charge in [0.25, 0.3) is 0 Å².